The maximum atomic E-state index is 5.51. The van der Waals surface area contributed by atoms with Crippen molar-refractivity contribution < 1.29 is 21.1 Å². The molecule has 0 fully saturated rings. The van der Waals surface area contributed by atoms with Gasteiger partial charge in [-0.3, -0.25) is 6.58 Å². The summed E-state index contributed by atoms with van der Waals surface area (Å²) in [5, 5.41) is 0. The van der Waals surface area contributed by atoms with Gasteiger partial charge in [0.05, 0.1) is 0 Å². The maximum Gasteiger partial charge on any atom is 0 e. The Balaban J connectivity index is -0.000000376. The van der Waals surface area contributed by atoms with Crippen molar-refractivity contribution >= 4 is 0 Å². The van der Waals surface area contributed by atoms with E-state index in [9.17, 15) is 0 Å². The molecular formula is C13H21W-. The van der Waals surface area contributed by atoms with Gasteiger partial charge in [-0.05, 0) is 13.3 Å². The van der Waals surface area contributed by atoms with Crippen LogP contribution in [0.3, 0.4) is 0 Å². The zero-order valence-electron chi connectivity index (χ0n) is 9.71. The van der Waals surface area contributed by atoms with Crippen LogP contribution in [0.1, 0.15) is 34.1 Å². The number of rotatable bonds is 4. The molecule has 0 atom stereocenters. The SMILES string of the molecule is CC.[CH-]=C(C)/C=C(/C=C)C/C=C\C.[W]. The summed E-state index contributed by atoms with van der Waals surface area (Å²) in [5.41, 5.74) is 1.98. The molecule has 0 saturated heterocycles. The topological polar surface area (TPSA) is 0 Å². The van der Waals surface area contributed by atoms with Gasteiger partial charge in [0.15, 0.2) is 0 Å². The van der Waals surface area contributed by atoms with Crippen molar-refractivity contribution in [2.45, 2.75) is 34.1 Å². The summed E-state index contributed by atoms with van der Waals surface area (Å²) in [4.78, 5) is 0. The Kier molecular flexibility index (Phi) is 20.8. The van der Waals surface area contributed by atoms with E-state index >= 15 is 0 Å². The zero-order chi connectivity index (χ0) is 10.7. The third kappa shape index (κ3) is 14.2. The quantitative estimate of drug-likeness (QED) is 0.394. The molecule has 0 nitrogen and oxygen atoms in total. The first-order valence-electron chi connectivity index (χ1n) is 4.74. The van der Waals surface area contributed by atoms with Crippen LogP contribution in [-0.4, -0.2) is 0 Å². The summed E-state index contributed by atoms with van der Waals surface area (Å²) < 4.78 is 0. The van der Waals surface area contributed by atoms with E-state index in [1.807, 2.05) is 45.9 Å². The normalized spacial score (nSPS) is 9.86. The largest absolute Gasteiger partial charge is 0.290 e. The van der Waals surface area contributed by atoms with Gasteiger partial charge in [-0.25, -0.2) is 11.6 Å². The monoisotopic (exact) mass is 361 g/mol. The molecule has 0 aromatic carbocycles. The molecule has 14 heavy (non-hydrogen) atoms. The maximum absolute atomic E-state index is 5.51. The Labute approximate surface area is 104 Å². The van der Waals surface area contributed by atoms with Gasteiger partial charge in [0.2, 0.25) is 0 Å². The predicted octanol–water partition coefficient (Wildman–Crippen LogP) is 4.47. The summed E-state index contributed by atoms with van der Waals surface area (Å²) in [6.07, 6.45) is 8.78. The smallest absolute Gasteiger partial charge is 0 e. The van der Waals surface area contributed by atoms with E-state index in [2.05, 4.69) is 12.7 Å². The molecule has 0 amide bonds. The van der Waals surface area contributed by atoms with Gasteiger partial charge in [-0.2, -0.15) is 0 Å². The first-order chi connectivity index (χ1) is 6.20. The minimum Gasteiger partial charge on any atom is -0.290 e. The Bertz CT molecular complexity index is 197. The number of hydrogen-bond acceptors (Lipinski definition) is 0. The van der Waals surface area contributed by atoms with Crippen molar-refractivity contribution in [1.29, 1.82) is 0 Å². The summed E-state index contributed by atoms with van der Waals surface area (Å²) >= 11 is 0. The van der Waals surface area contributed by atoms with Gasteiger partial charge in [0.1, 0.15) is 0 Å². The van der Waals surface area contributed by atoms with Crippen molar-refractivity contribution in [3.05, 3.63) is 48.6 Å². The molecule has 80 valence electrons. The molecule has 0 aliphatic carbocycles. The summed E-state index contributed by atoms with van der Waals surface area (Å²) in [7, 11) is 0. The molecule has 0 rings (SSSR count). The molecule has 1 heteroatoms. The van der Waals surface area contributed by atoms with Gasteiger partial charge in [0, 0.05) is 21.1 Å². The Morgan fingerprint density at radius 2 is 1.86 bits per heavy atom. The van der Waals surface area contributed by atoms with Crippen molar-refractivity contribution in [3.8, 4) is 0 Å². The second kappa shape index (κ2) is 15.1. The van der Waals surface area contributed by atoms with Gasteiger partial charge in [0.25, 0.3) is 0 Å². The van der Waals surface area contributed by atoms with Crippen molar-refractivity contribution in [2.75, 3.05) is 0 Å². The van der Waals surface area contributed by atoms with Crippen LogP contribution < -0.4 is 0 Å². The van der Waals surface area contributed by atoms with E-state index in [1.54, 1.807) is 0 Å². The summed E-state index contributed by atoms with van der Waals surface area (Å²) in [6.45, 7) is 17.1. The first-order valence-corrected chi connectivity index (χ1v) is 4.74. The molecule has 0 radical (unpaired) electrons. The standard InChI is InChI=1S/C11H15.C2H6.W/c1-5-7-8-11(6-2)9-10(3)4;1-2;/h3,5-7,9H,2,8H2,1,4H3;1-2H3;/q-1;;/b7-5-,11-9-;;. The summed E-state index contributed by atoms with van der Waals surface area (Å²) in [5.74, 6) is 0. The van der Waals surface area contributed by atoms with Crippen molar-refractivity contribution in [2.24, 2.45) is 0 Å². The summed E-state index contributed by atoms with van der Waals surface area (Å²) in [6, 6.07) is 0. The fourth-order valence-corrected chi connectivity index (χ4v) is 0.748. The molecule has 0 saturated carbocycles. The Hall–Kier alpha value is -0.352. The second-order valence-electron chi connectivity index (χ2n) is 2.44. The number of allylic oxidation sites excluding steroid dienone is 6. The molecular weight excluding hydrogens is 340 g/mol. The van der Waals surface area contributed by atoms with E-state index in [1.165, 1.54) is 0 Å². The van der Waals surface area contributed by atoms with Crippen LogP contribution in [0.5, 0.6) is 0 Å². The molecule has 0 heterocycles. The van der Waals surface area contributed by atoms with E-state index < -0.39 is 0 Å². The molecule has 0 spiro atoms. The molecule has 0 bridgehead atoms. The van der Waals surface area contributed by atoms with Gasteiger partial charge in [-0.1, -0.05) is 39.0 Å². The van der Waals surface area contributed by atoms with Crippen LogP contribution in [0.15, 0.2) is 42.0 Å². The minimum absolute atomic E-state index is 0. The van der Waals surface area contributed by atoms with Gasteiger partial charge >= 0.3 is 0 Å². The average Bonchev–Trinajstić information content (AvgIpc) is 2.15. The van der Waals surface area contributed by atoms with E-state index in [4.69, 9.17) is 6.58 Å². The van der Waals surface area contributed by atoms with Crippen LogP contribution >= 0.6 is 0 Å². The third-order valence-corrected chi connectivity index (χ3v) is 1.26. The van der Waals surface area contributed by atoms with Crippen LogP contribution in [0, 0.1) is 6.58 Å². The van der Waals surface area contributed by atoms with Crippen molar-refractivity contribution in [3.63, 3.8) is 0 Å². The van der Waals surface area contributed by atoms with E-state index in [0.717, 1.165) is 17.6 Å². The molecule has 0 aliphatic heterocycles. The van der Waals surface area contributed by atoms with Gasteiger partial charge < -0.3 is 0 Å². The van der Waals surface area contributed by atoms with Crippen LogP contribution in [0.25, 0.3) is 0 Å². The fraction of sp³-hybridized carbons (Fsp3) is 0.385. The molecule has 0 aromatic rings. The third-order valence-electron chi connectivity index (χ3n) is 1.26. The average molecular weight is 361 g/mol. The Morgan fingerprint density at radius 1 is 1.36 bits per heavy atom. The zero-order valence-corrected chi connectivity index (χ0v) is 12.6. The molecule has 0 N–H and O–H groups in total. The van der Waals surface area contributed by atoms with Crippen molar-refractivity contribution in [1.82, 2.24) is 0 Å². The van der Waals surface area contributed by atoms with Crippen LogP contribution in [0.2, 0.25) is 0 Å². The van der Waals surface area contributed by atoms with E-state index in [0.29, 0.717) is 0 Å². The Morgan fingerprint density at radius 3 is 2.14 bits per heavy atom. The van der Waals surface area contributed by atoms with Gasteiger partial charge in [-0.15, -0.1) is 12.2 Å². The fourth-order valence-electron chi connectivity index (χ4n) is 0.748. The predicted molar refractivity (Wildman–Crippen MR) is 62.5 cm³/mol. The van der Waals surface area contributed by atoms with Crippen LogP contribution in [-0.2, 0) is 21.1 Å². The van der Waals surface area contributed by atoms with E-state index in [-0.39, 0.29) is 21.1 Å². The molecule has 0 aliphatic rings. The molecule has 0 unspecified atom stereocenters. The first kappa shape index (κ1) is 19.3. The second-order valence-corrected chi connectivity index (χ2v) is 2.44. The number of hydrogen-bond donors (Lipinski definition) is 0. The molecule has 0 aromatic heterocycles. The minimum atomic E-state index is 0. The van der Waals surface area contributed by atoms with Crippen LogP contribution in [0.4, 0.5) is 0 Å².